The van der Waals surface area contributed by atoms with Crippen molar-refractivity contribution in [1.29, 1.82) is 0 Å². The van der Waals surface area contributed by atoms with Crippen LogP contribution in [-0.4, -0.2) is 11.5 Å². The molecule has 1 aromatic rings. The molecular formula is C11H15ClN2. The third-order valence-corrected chi connectivity index (χ3v) is 3.04. The topological polar surface area (TPSA) is 24.9 Å². The minimum absolute atomic E-state index is 0.402. The minimum Gasteiger partial charge on any atom is -0.310 e. The van der Waals surface area contributed by atoms with Crippen molar-refractivity contribution in [2.75, 3.05) is 6.54 Å². The molecule has 1 aromatic heterocycles. The number of halogens is 1. The molecule has 0 aliphatic carbocycles. The number of nitrogens with zero attached hydrogens (tertiary/aromatic N) is 1. The Morgan fingerprint density at radius 2 is 2.29 bits per heavy atom. The maximum absolute atomic E-state index is 6.06. The Morgan fingerprint density at radius 1 is 1.36 bits per heavy atom. The Kier molecular flexibility index (Phi) is 3.38. The van der Waals surface area contributed by atoms with Crippen LogP contribution in [0.1, 0.15) is 37.3 Å². The molecule has 0 saturated carbocycles. The first-order valence-electron chi connectivity index (χ1n) is 5.22. The summed E-state index contributed by atoms with van der Waals surface area (Å²) in [5.74, 6) is 0. The Morgan fingerprint density at radius 3 is 3.14 bits per heavy atom. The highest BCUT2D eigenvalue weighted by atomic mass is 35.5. The second-order valence-corrected chi connectivity index (χ2v) is 4.10. The molecule has 2 nitrogen and oxygen atoms in total. The van der Waals surface area contributed by atoms with E-state index in [4.69, 9.17) is 11.6 Å². The number of rotatable bonds is 1. The Balaban J connectivity index is 2.16. The summed E-state index contributed by atoms with van der Waals surface area (Å²) in [7, 11) is 0. The zero-order chi connectivity index (χ0) is 9.80. The van der Waals surface area contributed by atoms with E-state index in [-0.39, 0.29) is 0 Å². The fourth-order valence-corrected chi connectivity index (χ4v) is 2.20. The average Bonchev–Trinajstić information content (AvgIpc) is 2.47. The van der Waals surface area contributed by atoms with E-state index in [2.05, 4.69) is 16.4 Å². The highest BCUT2D eigenvalue weighted by Crippen LogP contribution is 2.26. The number of pyridine rings is 1. The van der Waals surface area contributed by atoms with E-state index in [0.717, 1.165) is 12.1 Å². The molecule has 2 rings (SSSR count). The molecule has 1 aliphatic heterocycles. The van der Waals surface area contributed by atoms with Gasteiger partial charge >= 0.3 is 0 Å². The third-order valence-electron chi connectivity index (χ3n) is 2.72. The highest BCUT2D eigenvalue weighted by molar-refractivity contribution is 6.30. The molecule has 1 atom stereocenters. The smallest absolute Gasteiger partial charge is 0.133 e. The van der Waals surface area contributed by atoms with Gasteiger partial charge in [-0.2, -0.15) is 0 Å². The van der Waals surface area contributed by atoms with Crippen molar-refractivity contribution in [3.8, 4) is 0 Å². The van der Waals surface area contributed by atoms with E-state index >= 15 is 0 Å². The Bertz CT molecular complexity index is 293. The summed E-state index contributed by atoms with van der Waals surface area (Å²) in [4.78, 5) is 4.11. The minimum atomic E-state index is 0.402. The Labute approximate surface area is 89.7 Å². The molecule has 0 aromatic carbocycles. The fourth-order valence-electron chi connectivity index (χ4n) is 1.95. The van der Waals surface area contributed by atoms with Gasteiger partial charge in [0.05, 0.1) is 0 Å². The van der Waals surface area contributed by atoms with Crippen LogP contribution in [0.2, 0.25) is 5.15 Å². The molecule has 1 aliphatic rings. The van der Waals surface area contributed by atoms with Crippen LogP contribution < -0.4 is 5.32 Å². The van der Waals surface area contributed by atoms with Gasteiger partial charge < -0.3 is 5.32 Å². The summed E-state index contributed by atoms with van der Waals surface area (Å²) in [6.07, 6.45) is 6.78. The normalized spacial score (nSPS) is 23.1. The van der Waals surface area contributed by atoms with E-state index in [1.54, 1.807) is 6.20 Å². The molecule has 76 valence electrons. The van der Waals surface area contributed by atoms with Gasteiger partial charge in [0.1, 0.15) is 5.15 Å². The van der Waals surface area contributed by atoms with Crippen LogP contribution in [-0.2, 0) is 0 Å². The van der Waals surface area contributed by atoms with Crippen molar-refractivity contribution in [3.05, 3.63) is 29.0 Å². The summed E-state index contributed by atoms with van der Waals surface area (Å²) in [6.45, 7) is 1.09. The number of aromatic nitrogens is 1. The molecule has 1 fully saturated rings. The van der Waals surface area contributed by atoms with Gasteiger partial charge in [-0.25, -0.2) is 4.98 Å². The molecule has 0 spiro atoms. The number of nitrogens with one attached hydrogen (secondary N) is 1. The number of hydrogen-bond donors (Lipinski definition) is 1. The van der Waals surface area contributed by atoms with Crippen molar-refractivity contribution in [2.45, 2.75) is 31.7 Å². The molecule has 3 heteroatoms. The molecule has 1 N–H and O–H groups in total. The van der Waals surface area contributed by atoms with E-state index < -0.39 is 0 Å². The summed E-state index contributed by atoms with van der Waals surface area (Å²) < 4.78 is 0. The van der Waals surface area contributed by atoms with Gasteiger partial charge in [-0.3, -0.25) is 0 Å². The standard InChI is InChI=1S/C11H15ClN2/c12-11-9(5-4-8-14-11)10-6-2-1-3-7-13-10/h4-5,8,10,13H,1-3,6-7H2. The quantitative estimate of drug-likeness (QED) is 0.721. The van der Waals surface area contributed by atoms with Gasteiger partial charge in [0.15, 0.2) is 0 Å². The first-order valence-corrected chi connectivity index (χ1v) is 5.59. The lowest BCUT2D eigenvalue weighted by Gasteiger charge is -2.16. The van der Waals surface area contributed by atoms with Crippen molar-refractivity contribution in [1.82, 2.24) is 10.3 Å². The maximum Gasteiger partial charge on any atom is 0.133 e. The van der Waals surface area contributed by atoms with Crippen LogP contribution in [0.3, 0.4) is 0 Å². The summed E-state index contributed by atoms with van der Waals surface area (Å²) in [5, 5.41) is 4.16. The lowest BCUT2D eigenvalue weighted by Crippen LogP contribution is -2.20. The number of hydrogen-bond acceptors (Lipinski definition) is 2. The van der Waals surface area contributed by atoms with Gasteiger partial charge in [-0.15, -0.1) is 0 Å². The van der Waals surface area contributed by atoms with Gasteiger partial charge in [0.25, 0.3) is 0 Å². The molecule has 1 unspecified atom stereocenters. The largest absolute Gasteiger partial charge is 0.310 e. The van der Waals surface area contributed by atoms with Crippen LogP contribution >= 0.6 is 11.6 Å². The third kappa shape index (κ3) is 2.25. The van der Waals surface area contributed by atoms with Crippen LogP contribution in [0.5, 0.6) is 0 Å². The maximum atomic E-state index is 6.06. The van der Waals surface area contributed by atoms with Crippen molar-refractivity contribution in [2.24, 2.45) is 0 Å². The van der Waals surface area contributed by atoms with Crippen molar-refractivity contribution >= 4 is 11.6 Å². The SMILES string of the molecule is Clc1ncccc1C1CCCCCN1. The van der Waals surface area contributed by atoms with E-state index in [1.165, 1.54) is 25.7 Å². The van der Waals surface area contributed by atoms with E-state index in [9.17, 15) is 0 Å². The van der Waals surface area contributed by atoms with Crippen LogP contribution in [0.15, 0.2) is 18.3 Å². The first-order chi connectivity index (χ1) is 6.88. The first kappa shape index (κ1) is 9.94. The monoisotopic (exact) mass is 210 g/mol. The Hall–Kier alpha value is -0.600. The van der Waals surface area contributed by atoms with Crippen LogP contribution in [0, 0.1) is 0 Å². The average molecular weight is 211 g/mol. The van der Waals surface area contributed by atoms with Crippen molar-refractivity contribution < 1.29 is 0 Å². The van der Waals surface area contributed by atoms with Gasteiger partial charge in [0, 0.05) is 17.8 Å². The highest BCUT2D eigenvalue weighted by Gasteiger charge is 2.16. The zero-order valence-electron chi connectivity index (χ0n) is 8.17. The van der Waals surface area contributed by atoms with Crippen LogP contribution in [0.4, 0.5) is 0 Å². The lowest BCUT2D eigenvalue weighted by molar-refractivity contribution is 0.533. The summed E-state index contributed by atoms with van der Waals surface area (Å²) in [6, 6.07) is 4.42. The van der Waals surface area contributed by atoms with Crippen LogP contribution in [0.25, 0.3) is 0 Å². The molecular weight excluding hydrogens is 196 g/mol. The molecule has 14 heavy (non-hydrogen) atoms. The predicted octanol–water partition coefficient (Wildman–Crippen LogP) is 2.94. The molecule has 2 heterocycles. The molecule has 0 radical (unpaired) electrons. The zero-order valence-corrected chi connectivity index (χ0v) is 8.93. The van der Waals surface area contributed by atoms with E-state index in [1.807, 2.05) is 6.07 Å². The van der Waals surface area contributed by atoms with Crippen molar-refractivity contribution in [3.63, 3.8) is 0 Å². The van der Waals surface area contributed by atoms with E-state index in [0.29, 0.717) is 11.2 Å². The van der Waals surface area contributed by atoms with Gasteiger partial charge in [-0.1, -0.05) is 30.5 Å². The molecule has 0 amide bonds. The lowest BCUT2D eigenvalue weighted by atomic mass is 10.0. The predicted molar refractivity (Wildman–Crippen MR) is 58.5 cm³/mol. The second kappa shape index (κ2) is 4.76. The van der Waals surface area contributed by atoms with Gasteiger partial charge in [-0.05, 0) is 25.5 Å². The van der Waals surface area contributed by atoms with Gasteiger partial charge in [0.2, 0.25) is 0 Å². The molecule has 0 bridgehead atoms. The fraction of sp³-hybridized carbons (Fsp3) is 0.545. The second-order valence-electron chi connectivity index (χ2n) is 3.74. The molecule has 1 saturated heterocycles. The summed E-state index contributed by atoms with van der Waals surface area (Å²) >= 11 is 6.06. The summed E-state index contributed by atoms with van der Waals surface area (Å²) in [5.41, 5.74) is 1.15.